The van der Waals surface area contributed by atoms with Gasteiger partial charge in [-0.25, -0.2) is 0 Å². The van der Waals surface area contributed by atoms with Crippen molar-refractivity contribution in [1.29, 1.82) is 0 Å². The second kappa shape index (κ2) is 8.09. The van der Waals surface area contributed by atoms with Gasteiger partial charge in [-0.3, -0.25) is 0 Å². The molecule has 8 heteroatoms. The molecule has 0 unspecified atom stereocenters. The van der Waals surface area contributed by atoms with Crippen LogP contribution in [0.15, 0.2) is 70.0 Å². The van der Waals surface area contributed by atoms with E-state index >= 15 is 0 Å². The molecule has 0 fully saturated rings. The summed E-state index contributed by atoms with van der Waals surface area (Å²) in [6.07, 6.45) is 0. The van der Waals surface area contributed by atoms with E-state index in [9.17, 15) is 12.8 Å². The average molecular weight is 532 g/mol. The van der Waals surface area contributed by atoms with E-state index in [0.717, 1.165) is 10.9 Å². The second-order valence-corrected chi connectivity index (χ2v) is 18.7. The molecule has 0 aliphatic carbocycles. The first kappa shape index (κ1) is 21.2. The van der Waals surface area contributed by atoms with Gasteiger partial charge in [-0.15, -0.1) is 0 Å². The molecule has 1 heterocycles. The van der Waals surface area contributed by atoms with Crippen molar-refractivity contribution in [2.75, 3.05) is 0 Å². The van der Waals surface area contributed by atoms with Gasteiger partial charge in [-0.2, -0.15) is 0 Å². The zero-order chi connectivity index (χ0) is 20.5. The Labute approximate surface area is 173 Å². The first-order chi connectivity index (χ1) is 13.1. The fourth-order valence-electron chi connectivity index (χ4n) is 2.35. The van der Waals surface area contributed by atoms with E-state index in [-0.39, 0.29) is 10.7 Å². The number of hydrogen-bond acceptors (Lipinski definition) is 4. The van der Waals surface area contributed by atoms with Crippen molar-refractivity contribution >= 4 is 43.8 Å². The van der Waals surface area contributed by atoms with Gasteiger partial charge in [-0.05, 0) is 0 Å². The third-order valence-corrected chi connectivity index (χ3v) is 12.7. The zero-order valence-corrected chi connectivity index (χ0v) is 20.0. The Morgan fingerprint density at radius 2 is 1.54 bits per heavy atom. The van der Waals surface area contributed by atoms with E-state index < -0.39 is 38.4 Å². The van der Waals surface area contributed by atoms with Gasteiger partial charge in [-0.1, -0.05) is 0 Å². The summed E-state index contributed by atoms with van der Waals surface area (Å²) in [6, 6.07) is 16.0. The van der Waals surface area contributed by atoms with Gasteiger partial charge in [0.25, 0.3) is 0 Å². The van der Waals surface area contributed by atoms with Crippen molar-refractivity contribution in [3.05, 3.63) is 79.4 Å². The monoisotopic (exact) mass is 532 g/mol. The molecule has 0 saturated heterocycles. The maximum atomic E-state index is 13.4. The maximum absolute atomic E-state index is 13.4. The second-order valence-electron chi connectivity index (χ2n) is 7.37. The molecule has 150 valence electrons. The molecule has 0 bridgehead atoms. The average Bonchev–Trinajstić information content (AvgIpc) is 3.11. The first-order valence-corrected chi connectivity index (χ1v) is 16.6. The van der Waals surface area contributed by atoms with Gasteiger partial charge in [0, 0.05) is 0 Å². The van der Waals surface area contributed by atoms with Gasteiger partial charge in [0.2, 0.25) is 0 Å². The van der Waals surface area contributed by atoms with E-state index in [1.165, 1.54) is 24.3 Å². The van der Waals surface area contributed by atoms with Crippen LogP contribution in [0, 0.1) is 20.1 Å². The topological polar surface area (TPSA) is 56.5 Å². The molecule has 0 spiro atoms. The predicted molar refractivity (Wildman–Crippen MR) is 119 cm³/mol. The molecule has 0 aliphatic heterocycles. The van der Waals surface area contributed by atoms with Crippen molar-refractivity contribution in [3.8, 4) is 0 Å². The standard InChI is InChI=1S/C20H22FIO4SSi/c1-15-5-11-18(12-6-15)27(23,24)26-22(17-9-7-16(21)8-10-17)19-13-14-20(25-19)28(2,3)4/h5-14H,1-4H3. The van der Waals surface area contributed by atoms with E-state index in [4.69, 9.17) is 6.93 Å². The number of aryl methyl sites for hydroxylation is 1. The molecule has 4 nitrogen and oxygen atoms in total. The van der Waals surface area contributed by atoms with Crippen LogP contribution < -0.4 is 5.38 Å². The molecule has 1 aromatic heterocycles. The summed E-state index contributed by atoms with van der Waals surface area (Å²) in [5, 5.41) is 0.878. The SMILES string of the molecule is Cc1ccc(S(=O)(=O)OI(c2ccc(F)cc2)c2ccc([Si](C)(C)C)o2)cc1. The van der Waals surface area contributed by atoms with Crippen LogP contribution in [0.1, 0.15) is 5.56 Å². The molecule has 0 N–H and O–H groups in total. The van der Waals surface area contributed by atoms with Crippen LogP contribution in [0.3, 0.4) is 0 Å². The first-order valence-electron chi connectivity index (χ1n) is 8.64. The van der Waals surface area contributed by atoms with Crippen molar-refractivity contribution in [1.82, 2.24) is 0 Å². The zero-order valence-electron chi connectivity index (χ0n) is 16.1. The van der Waals surface area contributed by atoms with Crippen LogP contribution in [0.4, 0.5) is 4.39 Å². The van der Waals surface area contributed by atoms with E-state index in [0.29, 0.717) is 7.34 Å². The Bertz CT molecular complexity index is 1050. The van der Waals surface area contributed by atoms with Crippen molar-refractivity contribution in [2.24, 2.45) is 0 Å². The molecule has 0 aliphatic rings. The number of furan rings is 1. The van der Waals surface area contributed by atoms with Crippen molar-refractivity contribution in [2.45, 2.75) is 31.5 Å². The predicted octanol–water partition coefficient (Wildman–Crippen LogP) is 5.14. The van der Waals surface area contributed by atoms with Crippen molar-refractivity contribution < 1.29 is 19.7 Å². The Morgan fingerprint density at radius 3 is 2.07 bits per heavy atom. The molecule has 0 amide bonds. The van der Waals surface area contributed by atoms with E-state index in [1.807, 2.05) is 13.0 Å². The summed E-state index contributed by atoms with van der Waals surface area (Å²) in [6.45, 7) is 8.33. The Kier molecular flexibility index (Phi) is 6.13. The number of halogens is 2. The van der Waals surface area contributed by atoms with Gasteiger partial charge in [0.1, 0.15) is 0 Å². The number of hydrogen-bond donors (Lipinski definition) is 0. The number of rotatable bonds is 6. The van der Waals surface area contributed by atoms with Crippen LogP contribution in [0.5, 0.6) is 0 Å². The van der Waals surface area contributed by atoms with Gasteiger partial charge >= 0.3 is 174 Å². The van der Waals surface area contributed by atoms with Crippen LogP contribution in [0.25, 0.3) is 0 Å². The summed E-state index contributed by atoms with van der Waals surface area (Å²) in [4.78, 5) is 0.0967. The molecule has 0 saturated carbocycles. The summed E-state index contributed by atoms with van der Waals surface area (Å²) in [7, 11) is -5.69. The molecule has 0 radical (unpaired) electrons. The fraction of sp³-hybridized carbons (Fsp3) is 0.200. The number of benzene rings is 2. The Morgan fingerprint density at radius 1 is 0.929 bits per heavy atom. The van der Waals surface area contributed by atoms with Crippen LogP contribution in [0.2, 0.25) is 19.6 Å². The normalized spacial score (nSPS) is 12.8. The third kappa shape index (κ3) is 4.91. The third-order valence-electron chi connectivity index (χ3n) is 3.94. The molecule has 0 atom stereocenters. The van der Waals surface area contributed by atoms with Gasteiger partial charge < -0.3 is 0 Å². The van der Waals surface area contributed by atoms with Gasteiger partial charge in [0.15, 0.2) is 0 Å². The summed E-state index contributed by atoms with van der Waals surface area (Å²) < 4.78 is 52.1. The minimum absolute atomic E-state index is 0.0967. The quantitative estimate of drug-likeness (QED) is 0.326. The molecular formula is C20H22FIO4SSi. The van der Waals surface area contributed by atoms with Gasteiger partial charge in [0.05, 0.1) is 0 Å². The minimum atomic E-state index is -3.98. The molecule has 3 aromatic rings. The van der Waals surface area contributed by atoms with Crippen LogP contribution in [-0.4, -0.2) is 16.5 Å². The van der Waals surface area contributed by atoms with E-state index in [2.05, 4.69) is 19.6 Å². The van der Waals surface area contributed by atoms with Crippen LogP contribution in [-0.2, 0) is 12.6 Å². The van der Waals surface area contributed by atoms with Crippen molar-refractivity contribution in [3.63, 3.8) is 0 Å². The molecule has 2 aromatic carbocycles. The Balaban J connectivity index is 2.02. The summed E-state index contributed by atoms with van der Waals surface area (Å²) in [5.41, 5.74) is 0.957. The summed E-state index contributed by atoms with van der Waals surface area (Å²) in [5.74, 6) is -0.386. The molecule has 28 heavy (non-hydrogen) atoms. The fourth-order valence-corrected chi connectivity index (χ4v) is 10.2. The molecule has 3 rings (SSSR count). The Hall–Kier alpha value is -1.49. The molecular weight excluding hydrogens is 510 g/mol. The van der Waals surface area contributed by atoms with E-state index in [1.54, 1.807) is 30.3 Å². The van der Waals surface area contributed by atoms with Crippen LogP contribution >= 0.6 is 20.2 Å². The summed E-state index contributed by atoms with van der Waals surface area (Å²) >= 11 is -2.95.